The first-order chi connectivity index (χ1) is 10.2. The minimum Gasteiger partial charge on any atom is -0.395 e. The summed E-state index contributed by atoms with van der Waals surface area (Å²) in [7, 11) is 0. The Labute approximate surface area is 123 Å². The number of aliphatic imine (C=N–C) groups is 1. The molecule has 1 aliphatic heterocycles. The lowest BCUT2D eigenvalue weighted by Crippen LogP contribution is -2.15. The number of aliphatic hydroxyl groups is 1. The van der Waals surface area contributed by atoms with Crippen LogP contribution in [-0.2, 0) is 5.41 Å². The number of hydrogen-bond donors (Lipinski definition) is 2. The molecule has 0 saturated heterocycles. The molecule has 1 aromatic heterocycles. The molecule has 1 fully saturated rings. The number of hydrogen-bond acceptors (Lipinski definition) is 4. The van der Waals surface area contributed by atoms with Gasteiger partial charge in [0, 0.05) is 22.6 Å². The fraction of sp³-hybridized carbons (Fsp3) is 0.294. The summed E-state index contributed by atoms with van der Waals surface area (Å²) in [6.45, 7) is 0.874. The van der Waals surface area contributed by atoms with E-state index in [1.807, 2.05) is 12.3 Å². The van der Waals surface area contributed by atoms with Crippen LogP contribution in [0.5, 0.6) is 0 Å². The summed E-state index contributed by atoms with van der Waals surface area (Å²) in [5.74, 6) is 0.544. The highest BCUT2D eigenvalue weighted by Crippen LogP contribution is 2.49. The number of allylic oxidation sites excluding steroid dienone is 1. The predicted molar refractivity (Wildman–Crippen MR) is 85.5 cm³/mol. The van der Waals surface area contributed by atoms with Crippen molar-refractivity contribution in [2.24, 2.45) is 4.99 Å². The van der Waals surface area contributed by atoms with Crippen molar-refractivity contribution in [2.75, 3.05) is 18.9 Å². The zero-order valence-electron chi connectivity index (χ0n) is 11.7. The summed E-state index contributed by atoms with van der Waals surface area (Å²) in [5.41, 5.74) is 10.2. The highest BCUT2D eigenvalue weighted by Gasteiger charge is 2.45. The van der Waals surface area contributed by atoms with Gasteiger partial charge in [0.05, 0.1) is 18.7 Å². The molecule has 2 heterocycles. The van der Waals surface area contributed by atoms with Gasteiger partial charge in [0.15, 0.2) is 0 Å². The zero-order chi connectivity index (χ0) is 14.4. The third-order valence-corrected chi connectivity index (χ3v) is 4.59. The fourth-order valence-electron chi connectivity index (χ4n) is 3.00. The second-order valence-electron chi connectivity index (χ2n) is 5.95. The van der Waals surface area contributed by atoms with Crippen molar-refractivity contribution in [1.29, 1.82) is 0 Å². The molecule has 1 aromatic carbocycles. The van der Waals surface area contributed by atoms with Gasteiger partial charge in [0.2, 0.25) is 0 Å². The molecule has 3 N–H and O–H groups in total. The Kier molecular flexibility index (Phi) is 2.62. The summed E-state index contributed by atoms with van der Waals surface area (Å²) >= 11 is 0. The second kappa shape index (κ2) is 4.40. The number of pyridine rings is 1. The van der Waals surface area contributed by atoms with Crippen LogP contribution >= 0.6 is 0 Å². The van der Waals surface area contributed by atoms with Crippen molar-refractivity contribution in [2.45, 2.75) is 18.3 Å². The average molecular weight is 279 g/mol. The van der Waals surface area contributed by atoms with E-state index < -0.39 is 0 Å². The third kappa shape index (κ3) is 1.94. The van der Waals surface area contributed by atoms with Crippen molar-refractivity contribution in [3.05, 3.63) is 41.5 Å². The van der Waals surface area contributed by atoms with Gasteiger partial charge in [-0.05, 0) is 42.2 Å². The molecular weight excluding hydrogens is 262 g/mol. The van der Waals surface area contributed by atoms with Gasteiger partial charge in [-0.3, -0.25) is 4.99 Å². The van der Waals surface area contributed by atoms with E-state index in [2.05, 4.69) is 34.2 Å². The third-order valence-electron chi connectivity index (χ3n) is 4.59. The Morgan fingerprint density at radius 3 is 2.76 bits per heavy atom. The van der Waals surface area contributed by atoms with E-state index in [1.54, 1.807) is 0 Å². The van der Waals surface area contributed by atoms with Crippen molar-refractivity contribution < 1.29 is 5.11 Å². The number of rotatable bonds is 3. The number of aliphatic hydroxyl groups excluding tert-OH is 1. The number of nitrogens with zero attached hydrogens (tertiary/aromatic N) is 2. The maximum atomic E-state index is 9.59. The number of fused-ring (bicyclic) bond motifs is 1. The van der Waals surface area contributed by atoms with E-state index >= 15 is 0 Å². The van der Waals surface area contributed by atoms with E-state index in [0.717, 1.165) is 41.4 Å². The van der Waals surface area contributed by atoms with Gasteiger partial charge < -0.3 is 10.8 Å². The number of aromatic nitrogens is 1. The second-order valence-corrected chi connectivity index (χ2v) is 5.95. The normalized spacial score (nSPS) is 19.0. The van der Waals surface area contributed by atoms with Gasteiger partial charge in [-0.25, -0.2) is 4.98 Å². The van der Waals surface area contributed by atoms with Gasteiger partial charge in [0.1, 0.15) is 5.82 Å². The van der Waals surface area contributed by atoms with Crippen molar-refractivity contribution in [3.63, 3.8) is 0 Å². The first-order valence-electron chi connectivity index (χ1n) is 7.23. The average Bonchev–Trinajstić information content (AvgIpc) is 3.10. The lowest BCUT2D eigenvalue weighted by molar-refractivity contribution is 0.255. The summed E-state index contributed by atoms with van der Waals surface area (Å²) in [5, 5.41) is 10.7. The van der Waals surface area contributed by atoms with Crippen molar-refractivity contribution in [3.8, 4) is 0 Å². The standard InChI is InChI=1S/C17H17N3O/c18-16-14(17(10-21)4-5-17)7-12-2-1-11(8-15(12)20-16)13-3-6-19-9-13/h1-3,6-8,21H,4-5,9-10H2,(H2,18,20). The van der Waals surface area contributed by atoms with Crippen LogP contribution in [-0.4, -0.2) is 29.5 Å². The molecular formula is C17H17N3O. The highest BCUT2D eigenvalue weighted by atomic mass is 16.3. The summed E-state index contributed by atoms with van der Waals surface area (Å²) in [6.07, 6.45) is 5.85. The first kappa shape index (κ1) is 12.5. The van der Waals surface area contributed by atoms with Gasteiger partial charge in [-0.1, -0.05) is 12.1 Å². The molecule has 4 rings (SSSR count). The van der Waals surface area contributed by atoms with Gasteiger partial charge >= 0.3 is 0 Å². The minimum atomic E-state index is -0.147. The molecule has 4 heteroatoms. The van der Waals surface area contributed by atoms with Crippen LogP contribution in [0.25, 0.3) is 16.5 Å². The molecule has 1 saturated carbocycles. The Bertz CT molecular complexity index is 788. The number of benzene rings is 1. The lowest BCUT2D eigenvalue weighted by atomic mass is 9.95. The zero-order valence-corrected chi connectivity index (χ0v) is 11.7. The van der Waals surface area contributed by atoms with E-state index in [1.165, 1.54) is 5.57 Å². The molecule has 4 nitrogen and oxygen atoms in total. The molecule has 0 spiro atoms. The Morgan fingerprint density at radius 1 is 1.24 bits per heavy atom. The van der Waals surface area contributed by atoms with Crippen LogP contribution in [0.3, 0.4) is 0 Å². The first-order valence-corrected chi connectivity index (χ1v) is 7.23. The Balaban J connectivity index is 1.81. The van der Waals surface area contributed by atoms with Crippen LogP contribution in [0.2, 0.25) is 0 Å². The van der Waals surface area contributed by atoms with Crippen LogP contribution in [0.15, 0.2) is 35.3 Å². The quantitative estimate of drug-likeness (QED) is 0.905. The number of nitrogen functional groups attached to an aromatic ring is 1. The molecule has 2 aliphatic rings. The molecule has 106 valence electrons. The van der Waals surface area contributed by atoms with Crippen molar-refractivity contribution >= 4 is 28.5 Å². The lowest BCUT2D eigenvalue weighted by Gasteiger charge is -2.15. The molecule has 0 unspecified atom stereocenters. The topological polar surface area (TPSA) is 71.5 Å². The van der Waals surface area contributed by atoms with Gasteiger partial charge in [-0.2, -0.15) is 0 Å². The van der Waals surface area contributed by atoms with Crippen molar-refractivity contribution in [1.82, 2.24) is 4.98 Å². The maximum absolute atomic E-state index is 9.59. The highest BCUT2D eigenvalue weighted by molar-refractivity contribution is 5.92. The predicted octanol–water partition coefficient (Wildman–Crippen LogP) is 2.31. The molecule has 0 bridgehead atoms. The molecule has 0 amide bonds. The molecule has 0 atom stereocenters. The van der Waals surface area contributed by atoms with E-state index in [-0.39, 0.29) is 12.0 Å². The molecule has 21 heavy (non-hydrogen) atoms. The van der Waals surface area contributed by atoms with E-state index in [4.69, 9.17) is 5.73 Å². The summed E-state index contributed by atoms with van der Waals surface area (Å²) in [6, 6.07) is 8.33. The molecule has 2 aromatic rings. The maximum Gasteiger partial charge on any atom is 0.127 e. The van der Waals surface area contributed by atoms with Crippen LogP contribution in [0.1, 0.15) is 24.0 Å². The van der Waals surface area contributed by atoms with E-state index in [9.17, 15) is 5.11 Å². The minimum absolute atomic E-state index is 0.146. The Hall–Kier alpha value is -2.20. The Morgan fingerprint density at radius 2 is 2.10 bits per heavy atom. The molecule has 1 aliphatic carbocycles. The summed E-state index contributed by atoms with van der Waals surface area (Å²) in [4.78, 5) is 8.77. The fourth-order valence-corrected chi connectivity index (χ4v) is 3.00. The smallest absolute Gasteiger partial charge is 0.127 e. The summed E-state index contributed by atoms with van der Waals surface area (Å²) < 4.78 is 0. The van der Waals surface area contributed by atoms with Crippen LogP contribution < -0.4 is 5.73 Å². The number of nitrogens with two attached hydrogens (primary N) is 1. The van der Waals surface area contributed by atoms with Crippen LogP contribution in [0, 0.1) is 0 Å². The molecule has 0 radical (unpaired) electrons. The van der Waals surface area contributed by atoms with Crippen LogP contribution in [0.4, 0.5) is 5.82 Å². The largest absolute Gasteiger partial charge is 0.395 e. The van der Waals surface area contributed by atoms with E-state index in [0.29, 0.717) is 5.82 Å². The van der Waals surface area contributed by atoms with Gasteiger partial charge in [0.25, 0.3) is 0 Å². The number of anilines is 1. The van der Waals surface area contributed by atoms with Gasteiger partial charge in [-0.15, -0.1) is 0 Å². The monoisotopic (exact) mass is 279 g/mol. The SMILES string of the molecule is Nc1nc2cc(C3=CC=NC3)ccc2cc1C1(CO)CC1.